The molecular weight excluding hydrogens is 374 g/mol. The minimum atomic E-state index is 0.0348. The van der Waals surface area contributed by atoms with Crippen LogP contribution in [0.2, 0.25) is 0 Å². The molecule has 6 heteroatoms. The molecule has 1 atom stereocenters. The molecule has 130 valence electrons. The van der Waals surface area contributed by atoms with E-state index >= 15 is 0 Å². The summed E-state index contributed by atoms with van der Waals surface area (Å²) in [6.45, 7) is 4.71. The summed E-state index contributed by atoms with van der Waals surface area (Å²) < 4.78 is 17.1. The van der Waals surface area contributed by atoms with Crippen LogP contribution in [0.3, 0.4) is 0 Å². The number of fused-ring (bicyclic) bond motifs is 1. The number of hydrogen-bond donors (Lipinski definition) is 0. The highest BCUT2D eigenvalue weighted by atomic mass is 79.9. The topological polar surface area (TPSA) is 51.9 Å². The van der Waals surface area contributed by atoms with Gasteiger partial charge in [-0.1, -0.05) is 6.92 Å². The zero-order valence-corrected chi connectivity index (χ0v) is 15.6. The number of methoxy groups -OCH3 is 1. The summed E-state index contributed by atoms with van der Waals surface area (Å²) in [6, 6.07) is 5.46. The van der Waals surface area contributed by atoms with Gasteiger partial charge in [-0.05, 0) is 46.8 Å². The van der Waals surface area contributed by atoms with Crippen molar-refractivity contribution < 1.29 is 18.7 Å². The molecule has 0 radical (unpaired) electrons. The second-order valence-corrected chi connectivity index (χ2v) is 7.06. The molecule has 0 spiro atoms. The molecular formula is C18H22BrNO4. The molecule has 1 unspecified atom stereocenters. The number of likely N-dealkylation sites (tertiary alicyclic amines) is 1. The molecule has 24 heavy (non-hydrogen) atoms. The molecule has 2 aromatic rings. The Morgan fingerprint density at radius 3 is 2.96 bits per heavy atom. The Labute approximate surface area is 150 Å². The summed E-state index contributed by atoms with van der Waals surface area (Å²) in [5.41, 5.74) is 1.25. The highest BCUT2D eigenvalue weighted by Crippen LogP contribution is 2.33. The van der Waals surface area contributed by atoms with Crippen molar-refractivity contribution >= 4 is 32.8 Å². The van der Waals surface area contributed by atoms with Crippen LogP contribution < -0.4 is 4.74 Å². The standard InChI is InChI=1S/C18H22BrNO4/c1-12-4-3-5-20(11-12)18(21)13-8-15(23-7-6-22-2)14-10-17(19)24-16(14)9-13/h8-10,12H,3-7,11H2,1-2H3. The van der Waals surface area contributed by atoms with Crippen LogP contribution in [0, 0.1) is 5.92 Å². The molecule has 3 rings (SSSR count). The third-order valence-electron chi connectivity index (χ3n) is 4.31. The van der Waals surface area contributed by atoms with Crippen LogP contribution in [-0.4, -0.2) is 44.2 Å². The Balaban J connectivity index is 1.90. The van der Waals surface area contributed by atoms with Crippen LogP contribution in [0.1, 0.15) is 30.1 Å². The maximum absolute atomic E-state index is 12.9. The Morgan fingerprint density at radius 1 is 1.38 bits per heavy atom. The predicted octanol–water partition coefficient (Wildman–Crippen LogP) is 4.09. The molecule has 1 aromatic carbocycles. The first-order valence-corrected chi connectivity index (χ1v) is 9.02. The fourth-order valence-electron chi connectivity index (χ4n) is 3.11. The number of halogens is 1. The molecule has 0 bridgehead atoms. The van der Waals surface area contributed by atoms with Crippen molar-refractivity contribution in [2.24, 2.45) is 5.92 Å². The van der Waals surface area contributed by atoms with Crippen molar-refractivity contribution in [1.29, 1.82) is 0 Å². The minimum Gasteiger partial charge on any atom is -0.490 e. The van der Waals surface area contributed by atoms with Gasteiger partial charge in [-0.2, -0.15) is 0 Å². The largest absolute Gasteiger partial charge is 0.490 e. The predicted molar refractivity (Wildman–Crippen MR) is 95.6 cm³/mol. The van der Waals surface area contributed by atoms with E-state index in [1.54, 1.807) is 13.2 Å². The molecule has 2 heterocycles. The van der Waals surface area contributed by atoms with Crippen LogP contribution in [-0.2, 0) is 4.74 Å². The van der Waals surface area contributed by atoms with Gasteiger partial charge in [0.15, 0.2) is 4.67 Å². The van der Waals surface area contributed by atoms with E-state index in [1.807, 2.05) is 17.0 Å². The molecule has 1 aliphatic rings. The number of carbonyl (C=O) groups excluding carboxylic acids is 1. The van der Waals surface area contributed by atoms with Crippen LogP contribution in [0.15, 0.2) is 27.3 Å². The van der Waals surface area contributed by atoms with Gasteiger partial charge in [0, 0.05) is 31.8 Å². The average molecular weight is 396 g/mol. The number of benzene rings is 1. The van der Waals surface area contributed by atoms with Gasteiger partial charge in [-0.25, -0.2) is 0 Å². The van der Waals surface area contributed by atoms with Crippen molar-refractivity contribution in [2.45, 2.75) is 19.8 Å². The summed E-state index contributed by atoms with van der Waals surface area (Å²) in [5, 5.41) is 0.849. The summed E-state index contributed by atoms with van der Waals surface area (Å²) in [7, 11) is 1.63. The number of hydrogen-bond acceptors (Lipinski definition) is 4. The lowest BCUT2D eigenvalue weighted by Gasteiger charge is -2.31. The number of nitrogens with zero attached hydrogens (tertiary/aromatic N) is 1. The highest BCUT2D eigenvalue weighted by molar-refractivity contribution is 9.10. The maximum atomic E-state index is 12.9. The Kier molecular flexibility index (Phi) is 5.46. The van der Waals surface area contributed by atoms with Gasteiger partial charge in [0.05, 0.1) is 12.0 Å². The first-order chi connectivity index (χ1) is 11.6. The highest BCUT2D eigenvalue weighted by Gasteiger charge is 2.23. The second kappa shape index (κ2) is 7.57. The second-order valence-electron chi connectivity index (χ2n) is 6.28. The van der Waals surface area contributed by atoms with Crippen molar-refractivity contribution in [2.75, 3.05) is 33.4 Å². The van der Waals surface area contributed by atoms with Gasteiger partial charge >= 0.3 is 0 Å². The number of furan rings is 1. The first-order valence-electron chi connectivity index (χ1n) is 8.22. The molecule has 0 N–H and O–H groups in total. The van der Waals surface area contributed by atoms with Crippen molar-refractivity contribution in [1.82, 2.24) is 4.90 Å². The lowest BCUT2D eigenvalue weighted by atomic mass is 9.99. The van der Waals surface area contributed by atoms with Gasteiger partial charge < -0.3 is 18.8 Å². The number of ether oxygens (including phenoxy) is 2. The number of rotatable bonds is 5. The van der Waals surface area contributed by atoms with Crippen LogP contribution in [0.4, 0.5) is 0 Å². The van der Waals surface area contributed by atoms with Crippen molar-refractivity contribution in [3.05, 3.63) is 28.4 Å². The van der Waals surface area contributed by atoms with E-state index in [-0.39, 0.29) is 5.91 Å². The SMILES string of the molecule is COCCOc1cc(C(=O)N2CCCC(C)C2)cc2oc(Br)cc12. The molecule has 1 amide bonds. The average Bonchev–Trinajstić information content (AvgIpc) is 2.94. The van der Waals surface area contributed by atoms with E-state index in [1.165, 1.54) is 6.42 Å². The van der Waals surface area contributed by atoms with Crippen molar-refractivity contribution in [3.63, 3.8) is 0 Å². The zero-order chi connectivity index (χ0) is 17.1. The third kappa shape index (κ3) is 3.75. The molecule has 1 aromatic heterocycles. The summed E-state index contributed by atoms with van der Waals surface area (Å²) >= 11 is 3.34. The smallest absolute Gasteiger partial charge is 0.254 e. The molecule has 0 saturated carbocycles. The third-order valence-corrected chi connectivity index (χ3v) is 4.70. The minimum absolute atomic E-state index is 0.0348. The van der Waals surface area contributed by atoms with E-state index in [2.05, 4.69) is 22.9 Å². The molecule has 1 fully saturated rings. The van der Waals surface area contributed by atoms with E-state index in [0.29, 0.717) is 40.7 Å². The normalized spacial score (nSPS) is 18.1. The molecule has 5 nitrogen and oxygen atoms in total. The maximum Gasteiger partial charge on any atom is 0.254 e. The van der Waals surface area contributed by atoms with Gasteiger partial charge in [-0.3, -0.25) is 4.79 Å². The van der Waals surface area contributed by atoms with E-state index in [0.717, 1.165) is 24.9 Å². The van der Waals surface area contributed by atoms with Crippen molar-refractivity contribution in [3.8, 4) is 5.75 Å². The first kappa shape index (κ1) is 17.3. The number of carbonyl (C=O) groups is 1. The van der Waals surface area contributed by atoms with E-state index in [9.17, 15) is 4.79 Å². The quantitative estimate of drug-likeness (QED) is 0.715. The van der Waals surface area contributed by atoms with E-state index < -0.39 is 0 Å². The monoisotopic (exact) mass is 395 g/mol. The lowest BCUT2D eigenvalue weighted by Crippen LogP contribution is -2.39. The Bertz CT molecular complexity index is 727. The fourth-order valence-corrected chi connectivity index (χ4v) is 3.51. The number of amides is 1. The van der Waals surface area contributed by atoms with E-state index in [4.69, 9.17) is 13.9 Å². The summed E-state index contributed by atoms with van der Waals surface area (Å²) in [5.74, 6) is 1.22. The van der Waals surface area contributed by atoms with Crippen LogP contribution in [0.25, 0.3) is 11.0 Å². The molecule has 1 aliphatic heterocycles. The van der Waals surface area contributed by atoms with Gasteiger partial charge in [0.1, 0.15) is 17.9 Å². The van der Waals surface area contributed by atoms with Crippen LogP contribution >= 0.6 is 15.9 Å². The van der Waals surface area contributed by atoms with Crippen LogP contribution in [0.5, 0.6) is 5.75 Å². The molecule has 1 saturated heterocycles. The molecule has 0 aliphatic carbocycles. The Morgan fingerprint density at radius 2 is 2.21 bits per heavy atom. The summed E-state index contributed by atoms with van der Waals surface area (Å²) in [6.07, 6.45) is 2.23. The van der Waals surface area contributed by atoms with Gasteiger partial charge in [0.2, 0.25) is 0 Å². The van der Waals surface area contributed by atoms with Gasteiger partial charge in [0.25, 0.3) is 5.91 Å². The number of piperidine rings is 1. The summed E-state index contributed by atoms with van der Waals surface area (Å²) in [4.78, 5) is 14.8. The van der Waals surface area contributed by atoms with Gasteiger partial charge in [-0.15, -0.1) is 0 Å². The fraction of sp³-hybridized carbons (Fsp3) is 0.500. The Hall–Kier alpha value is -1.53. The zero-order valence-electron chi connectivity index (χ0n) is 14.0. The lowest BCUT2D eigenvalue weighted by molar-refractivity contribution is 0.0682.